The summed E-state index contributed by atoms with van der Waals surface area (Å²) in [6.45, 7) is 10.2. The number of amides is 1. The molecular weight excluding hydrogens is 200 g/mol. The summed E-state index contributed by atoms with van der Waals surface area (Å²) in [6.07, 6.45) is 3.45. The van der Waals surface area contributed by atoms with Gasteiger partial charge in [-0.25, -0.2) is 0 Å². The Morgan fingerprint density at radius 1 is 1.38 bits per heavy atom. The predicted octanol–water partition coefficient (Wildman–Crippen LogP) is 2.02. The van der Waals surface area contributed by atoms with E-state index >= 15 is 0 Å². The van der Waals surface area contributed by atoms with Crippen molar-refractivity contribution in [3.8, 4) is 0 Å². The van der Waals surface area contributed by atoms with Crippen molar-refractivity contribution in [3.63, 3.8) is 0 Å². The first kappa shape index (κ1) is 13.5. The van der Waals surface area contributed by atoms with Gasteiger partial charge in [0.1, 0.15) is 0 Å². The summed E-state index contributed by atoms with van der Waals surface area (Å²) >= 11 is 0. The van der Waals surface area contributed by atoms with Crippen LogP contribution in [0.5, 0.6) is 0 Å². The molecule has 1 N–H and O–H groups in total. The summed E-state index contributed by atoms with van der Waals surface area (Å²) in [5, 5.41) is 3.65. The SMILES string of the molecule is CCC(CC)NC1CCN(C(=O)C(C)C)C1. The predicted molar refractivity (Wildman–Crippen MR) is 67.3 cm³/mol. The Labute approximate surface area is 99.6 Å². The lowest BCUT2D eigenvalue weighted by Gasteiger charge is -2.22. The molecular formula is C13H26N2O. The molecule has 94 valence electrons. The largest absolute Gasteiger partial charge is 0.341 e. The first-order chi connectivity index (χ1) is 7.58. The van der Waals surface area contributed by atoms with E-state index in [1.54, 1.807) is 0 Å². The maximum absolute atomic E-state index is 11.8. The number of rotatable bonds is 5. The van der Waals surface area contributed by atoms with E-state index in [0.29, 0.717) is 18.0 Å². The minimum absolute atomic E-state index is 0.131. The molecule has 0 aromatic rings. The molecule has 1 heterocycles. The third-order valence-corrected chi connectivity index (χ3v) is 3.45. The van der Waals surface area contributed by atoms with Crippen LogP contribution >= 0.6 is 0 Å². The van der Waals surface area contributed by atoms with Gasteiger partial charge in [0.25, 0.3) is 0 Å². The fourth-order valence-corrected chi connectivity index (χ4v) is 2.32. The molecule has 1 aliphatic heterocycles. The van der Waals surface area contributed by atoms with Gasteiger partial charge in [-0.1, -0.05) is 27.7 Å². The summed E-state index contributed by atoms with van der Waals surface area (Å²) in [4.78, 5) is 13.8. The van der Waals surface area contributed by atoms with Crippen molar-refractivity contribution in [1.29, 1.82) is 0 Å². The van der Waals surface area contributed by atoms with Crippen molar-refractivity contribution >= 4 is 5.91 Å². The van der Waals surface area contributed by atoms with Gasteiger partial charge in [-0.05, 0) is 19.3 Å². The van der Waals surface area contributed by atoms with Crippen molar-refractivity contribution in [2.75, 3.05) is 13.1 Å². The molecule has 0 saturated carbocycles. The zero-order valence-electron chi connectivity index (χ0n) is 11.1. The van der Waals surface area contributed by atoms with Gasteiger partial charge in [0, 0.05) is 31.1 Å². The zero-order chi connectivity index (χ0) is 12.1. The number of nitrogens with zero attached hydrogens (tertiary/aromatic N) is 1. The van der Waals surface area contributed by atoms with Crippen LogP contribution in [-0.2, 0) is 4.79 Å². The Hall–Kier alpha value is -0.570. The molecule has 3 nitrogen and oxygen atoms in total. The molecule has 0 spiro atoms. The fourth-order valence-electron chi connectivity index (χ4n) is 2.32. The van der Waals surface area contributed by atoms with E-state index < -0.39 is 0 Å². The third kappa shape index (κ3) is 3.48. The highest BCUT2D eigenvalue weighted by molar-refractivity contribution is 5.78. The van der Waals surface area contributed by atoms with Crippen molar-refractivity contribution in [2.24, 2.45) is 5.92 Å². The molecule has 1 fully saturated rings. The molecule has 3 heteroatoms. The summed E-state index contributed by atoms with van der Waals surface area (Å²) in [7, 11) is 0. The zero-order valence-corrected chi connectivity index (χ0v) is 11.1. The van der Waals surface area contributed by atoms with E-state index in [-0.39, 0.29) is 5.92 Å². The van der Waals surface area contributed by atoms with Gasteiger partial charge in [0.05, 0.1) is 0 Å². The average Bonchev–Trinajstić information content (AvgIpc) is 2.73. The van der Waals surface area contributed by atoms with Gasteiger partial charge < -0.3 is 10.2 Å². The Kier molecular flexibility index (Phi) is 5.26. The van der Waals surface area contributed by atoms with Gasteiger partial charge in [-0.3, -0.25) is 4.79 Å². The standard InChI is InChI=1S/C13H26N2O/c1-5-11(6-2)14-12-7-8-15(9-12)13(16)10(3)4/h10-12,14H,5-9H2,1-4H3. The van der Waals surface area contributed by atoms with Gasteiger partial charge >= 0.3 is 0 Å². The smallest absolute Gasteiger partial charge is 0.225 e. The first-order valence-corrected chi connectivity index (χ1v) is 6.63. The molecule has 1 aliphatic rings. The van der Waals surface area contributed by atoms with Gasteiger partial charge in [-0.15, -0.1) is 0 Å². The van der Waals surface area contributed by atoms with Crippen LogP contribution in [0.3, 0.4) is 0 Å². The molecule has 1 rings (SSSR count). The summed E-state index contributed by atoms with van der Waals surface area (Å²) in [6, 6.07) is 1.12. The molecule has 0 aliphatic carbocycles. The second-order valence-corrected chi connectivity index (χ2v) is 5.10. The molecule has 1 atom stereocenters. The Morgan fingerprint density at radius 3 is 2.50 bits per heavy atom. The molecule has 0 aromatic carbocycles. The molecule has 0 aromatic heterocycles. The lowest BCUT2D eigenvalue weighted by atomic mass is 10.1. The average molecular weight is 226 g/mol. The summed E-state index contributed by atoms with van der Waals surface area (Å²) in [5.74, 6) is 0.431. The Balaban J connectivity index is 2.37. The molecule has 16 heavy (non-hydrogen) atoms. The summed E-state index contributed by atoms with van der Waals surface area (Å²) < 4.78 is 0. The van der Waals surface area contributed by atoms with Crippen molar-refractivity contribution in [2.45, 2.75) is 59.0 Å². The van der Waals surface area contributed by atoms with Gasteiger partial charge in [0.2, 0.25) is 5.91 Å². The molecule has 0 radical (unpaired) electrons. The second-order valence-electron chi connectivity index (χ2n) is 5.10. The number of hydrogen-bond donors (Lipinski definition) is 1. The second kappa shape index (κ2) is 6.24. The first-order valence-electron chi connectivity index (χ1n) is 6.63. The summed E-state index contributed by atoms with van der Waals surface area (Å²) in [5.41, 5.74) is 0. The number of nitrogens with one attached hydrogen (secondary N) is 1. The fraction of sp³-hybridized carbons (Fsp3) is 0.923. The third-order valence-electron chi connectivity index (χ3n) is 3.45. The number of hydrogen-bond acceptors (Lipinski definition) is 2. The maximum Gasteiger partial charge on any atom is 0.225 e. The van der Waals surface area contributed by atoms with E-state index in [1.807, 2.05) is 18.7 Å². The van der Waals surface area contributed by atoms with Crippen molar-refractivity contribution in [1.82, 2.24) is 10.2 Å². The monoisotopic (exact) mass is 226 g/mol. The van der Waals surface area contributed by atoms with E-state index in [4.69, 9.17) is 0 Å². The minimum Gasteiger partial charge on any atom is -0.341 e. The van der Waals surface area contributed by atoms with Gasteiger partial charge in [-0.2, -0.15) is 0 Å². The molecule has 1 amide bonds. The van der Waals surface area contributed by atoms with Crippen LogP contribution in [0, 0.1) is 5.92 Å². The highest BCUT2D eigenvalue weighted by Gasteiger charge is 2.28. The van der Waals surface area contributed by atoms with Crippen LogP contribution in [0.4, 0.5) is 0 Å². The van der Waals surface area contributed by atoms with Crippen LogP contribution in [0.1, 0.15) is 47.0 Å². The van der Waals surface area contributed by atoms with Gasteiger partial charge in [0.15, 0.2) is 0 Å². The molecule has 0 bridgehead atoms. The van der Waals surface area contributed by atoms with E-state index in [0.717, 1.165) is 19.5 Å². The van der Waals surface area contributed by atoms with E-state index in [9.17, 15) is 4.79 Å². The van der Waals surface area contributed by atoms with Crippen LogP contribution < -0.4 is 5.32 Å². The topological polar surface area (TPSA) is 32.3 Å². The van der Waals surface area contributed by atoms with Crippen LogP contribution in [-0.4, -0.2) is 36.0 Å². The van der Waals surface area contributed by atoms with E-state index in [2.05, 4.69) is 19.2 Å². The maximum atomic E-state index is 11.8. The highest BCUT2D eigenvalue weighted by atomic mass is 16.2. The lowest BCUT2D eigenvalue weighted by Crippen LogP contribution is -2.41. The Morgan fingerprint density at radius 2 is 2.00 bits per heavy atom. The van der Waals surface area contributed by atoms with Crippen LogP contribution in [0.15, 0.2) is 0 Å². The normalized spacial score (nSPS) is 21.1. The van der Waals surface area contributed by atoms with Crippen LogP contribution in [0.25, 0.3) is 0 Å². The number of carbonyl (C=O) groups is 1. The van der Waals surface area contributed by atoms with Crippen LogP contribution in [0.2, 0.25) is 0 Å². The molecule has 1 unspecified atom stereocenters. The quantitative estimate of drug-likeness (QED) is 0.778. The number of carbonyl (C=O) groups excluding carboxylic acids is 1. The van der Waals surface area contributed by atoms with Crippen molar-refractivity contribution in [3.05, 3.63) is 0 Å². The lowest BCUT2D eigenvalue weighted by molar-refractivity contribution is -0.133. The number of likely N-dealkylation sites (tertiary alicyclic amines) is 1. The highest BCUT2D eigenvalue weighted by Crippen LogP contribution is 2.14. The minimum atomic E-state index is 0.131. The van der Waals surface area contributed by atoms with Crippen molar-refractivity contribution < 1.29 is 4.79 Å². The van der Waals surface area contributed by atoms with E-state index in [1.165, 1.54) is 12.8 Å². The Bertz CT molecular complexity index is 224. The molecule has 1 saturated heterocycles.